The van der Waals surface area contributed by atoms with Crippen LogP contribution in [0.2, 0.25) is 0 Å². The lowest BCUT2D eigenvalue weighted by atomic mass is 9.79. The van der Waals surface area contributed by atoms with E-state index >= 15 is 0 Å². The van der Waals surface area contributed by atoms with Gasteiger partial charge in [-0.15, -0.1) is 0 Å². The van der Waals surface area contributed by atoms with Crippen LogP contribution >= 0.6 is 0 Å². The summed E-state index contributed by atoms with van der Waals surface area (Å²) in [4.78, 5) is 0. The molecule has 1 aromatic rings. The van der Waals surface area contributed by atoms with Crippen molar-refractivity contribution in [3.63, 3.8) is 0 Å². The Labute approximate surface area is 92.7 Å². The molecule has 0 amide bonds. The van der Waals surface area contributed by atoms with Gasteiger partial charge >= 0.3 is 0 Å². The highest BCUT2D eigenvalue weighted by Gasteiger charge is 2.20. The number of nitrogens with two attached hydrogens (primary N) is 1. The Hall–Kier alpha value is -0.820. The van der Waals surface area contributed by atoms with Crippen LogP contribution in [0.25, 0.3) is 0 Å². The van der Waals surface area contributed by atoms with Gasteiger partial charge in [0.1, 0.15) is 0 Å². The zero-order chi connectivity index (χ0) is 10.8. The lowest BCUT2D eigenvalue weighted by molar-refractivity contribution is 0.431. The van der Waals surface area contributed by atoms with E-state index in [9.17, 15) is 0 Å². The quantitative estimate of drug-likeness (QED) is 0.786. The molecule has 1 aliphatic rings. The monoisotopic (exact) mass is 203 g/mol. The summed E-state index contributed by atoms with van der Waals surface area (Å²) >= 11 is 0. The van der Waals surface area contributed by atoms with Crippen molar-refractivity contribution < 1.29 is 0 Å². The Balaban J connectivity index is 2.28. The molecule has 1 atom stereocenters. The first-order chi connectivity index (χ1) is 7.22. The first-order valence-electron chi connectivity index (χ1n) is 6.00. The summed E-state index contributed by atoms with van der Waals surface area (Å²) < 4.78 is 0. The van der Waals surface area contributed by atoms with Crippen molar-refractivity contribution in [1.82, 2.24) is 0 Å². The minimum atomic E-state index is 0.822. The van der Waals surface area contributed by atoms with Crippen LogP contribution in [0, 0.1) is 19.8 Å². The predicted molar refractivity (Wildman–Crippen MR) is 65.1 cm³/mol. The topological polar surface area (TPSA) is 26.0 Å². The second kappa shape index (κ2) is 4.36. The molecule has 1 heteroatoms. The largest absolute Gasteiger partial charge is 0.330 e. The Morgan fingerprint density at radius 1 is 1.20 bits per heavy atom. The summed E-state index contributed by atoms with van der Waals surface area (Å²) in [7, 11) is 0. The molecule has 2 N–H and O–H groups in total. The third-order valence-corrected chi connectivity index (χ3v) is 3.77. The maximum atomic E-state index is 5.65. The Morgan fingerprint density at radius 2 is 1.87 bits per heavy atom. The van der Waals surface area contributed by atoms with Gasteiger partial charge in [0, 0.05) is 0 Å². The minimum Gasteiger partial charge on any atom is -0.330 e. The Morgan fingerprint density at radius 3 is 2.53 bits per heavy atom. The number of rotatable bonds is 2. The van der Waals surface area contributed by atoms with E-state index in [2.05, 4.69) is 26.0 Å². The lowest BCUT2D eigenvalue weighted by Crippen LogP contribution is -2.19. The van der Waals surface area contributed by atoms with Crippen LogP contribution in [0.15, 0.2) is 12.1 Å². The smallest absolute Gasteiger partial charge is 0.00745 e. The van der Waals surface area contributed by atoms with Crippen molar-refractivity contribution in [2.24, 2.45) is 11.7 Å². The maximum absolute atomic E-state index is 5.65. The van der Waals surface area contributed by atoms with Gasteiger partial charge in [0.05, 0.1) is 0 Å². The van der Waals surface area contributed by atoms with E-state index in [1.165, 1.54) is 36.8 Å². The van der Waals surface area contributed by atoms with E-state index < -0.39 is 0 Å². The van der Waals surface area contributed by atoms with Crippen LogP contribution in [-0.2, 0) is 12.8 Å². The normalized spacial score (nSPS) is 20.1. The molecule has 0 spiro atoms. The van der Waals surface area contributed by atoms with Gasteiger partial charge < -0.3 is 5.73 Å². The van der Waals surface area contributed by atoms with Gasteiger partial charge in [0.15, 0.2) is 0 Å². The highest BCUT2D eigenvalue weighted by atomic mass is 14.5. The SMILES string of the molecule is Cc1ccc(C)c2c1CCC(CCN)C2. The first-order valence-corrected chi connectivity index (χ1v) is 6.00. The van der Waals surface area contributed by atoms with Crippen LogP contribution in [-0.4, -0.2) is 6.54 Å². The van der Waals surface area contributed by atoms with E-state index in [1.807, 2.05) is 0 Å². The summed E-state index contributed by atoms with van der Waals surface area (Å²) in [5, 5.41) is 0. The van der Waals surface area contributed by atoms with Crippen molar-refractivity contribution in [3.8, 4) is 0 Å². The molecular weight excluding hydrogens is 182 g/mol. The average molecular weight is 203 g/mol. The van der Waals surface area contributed by atoms with Crippen LogP contribution in [0.1, 0.15) is 35.1 Å². The summed E-state index contributed by atoms with van der Waals surface area (Å²) in [6, 6.07) is 4.52. The van der Waals surface area contributed by atoms with E-state index in [1.54, 1.807) is 11.1 Å². The fraction of sp³-hybridized carbons (Fsp3) is 0.571. The maximum Gasteiger partial charge on any atom is -0.00745 e. The third kappa shape index (κ3) is 2.07. The zero-order valence-corrected chi connectivity index (χ0v) is 9.84. The average Bonchev–Trinajstić information content (AvgIpc) is 2.24. The predicted octanol–water partition coefficient (Wildman–Crippen LogP) is 2.76. The van der Waals surface area contributed by atoms with Crippen LogP contribution in [0.3, 0.4) is 0 Å². The van der Waals surface area contributed by atoms with Gasteiger partial charge in [-0.2, -0.15) is 0 Å². The molecule has 2 rings (SSSR count). The van der Waals surface area contributed by atoms with E-state index in [4.69, 9.17) is 5.73 Å². The third-order valence-electron chi connectivity index (χ3n) is 3.77. The van der Waals surface area contributed by atoms with Crippen molar-refractivity contribution in [3.05, 3.63) is 34.4 Å². The van der Waals surface area contributed by atoms with E-state index in [-0.39, 0.29) is 0 Å². The highest BCUT2D eigenvalue weighted by molar-refractivity contribution is 5.41. The molecule has 0 aromatic heterocycles. The lowest BCUT2D eigenvalue weighted by Gasteiger charge is -2.27. The minimum absolute atomic E-state index is 0.822. The molecule has 1 aromatic carbocycles. The molecule has 0 saturated heterocycles. The Kier molecular flexibility index (Phi) is 3.11. The second-order valence-electron chi connectivity index (χ2n) is 4.84. The van der Waals surface area contributed by atoms with Gasteiger partial charge in [-0.05, 0) is 74.2 Å². The van der Waals surface area contributed by atoms with E-state index in [0.29, 0.717) is 0 Å². The molecule has 0 heterocycles. The summed E-state index contributed by atoms with van der Waals surface area (Å²) in [5.41, 5.74) is 11.8. The summed E-state index contributed by atoms with van der Waals surface area (Å²) in [6.45, 7) is 5.31. The zero-order valence-electron chi connectivity index (χ0n) is 9.84. The highest BCUT2D eigenvalue weighted by Crippen LogP contribution is 2.31. The molecule has 1 aliphatic carbocycles. The van der Waals surface area contributed by atoms with Crippen LogP contribution < -0.4 is 5.73 Å². The molecule has 1 unspecified atom stereocenters. The summed E-state index contributed by atoms with van der Waals surface area (Å²) in [6.07, 6.45) is 5.02. The van der Waals surface area contributed by atoms with E-state index in [0.717, 1.165) is 12.5 Å². The second-order valence-corrected chi connectivity index (χ2v) is 4.84. The number of hydrogen-bond acceptors (Lipinski definition) is 1. The van der Waals surface area contributed by atoms with Crippen molar-refractivity contribution >= 4 is 0 Å². The van der Waals surface area contributed by atoms with Gasteiger partial charge in [-0.25, -0.2) is 0 Å². The molecule has 0 saturated carbocycles. The molecule has 0 aliphatic heterocycles. The number of hydrogen-bond donors (Lipinski definition) is 1. The van der Waals surface area contributed by atoms with Crippen molar-refractivity contribution in [2.75, 3.05) is 6.54 Å². The van der Waals surface area contributed by atoms with Crippen molar-refractivity contribution in [2.45, 2.75) is 39.5 Å². The fourth-order valence-corrected chi connectivity index (χ4v) is 2.78. The standard InChI is InChI=1S/C14H21N/c1-10-3-4-11(2)14-9-12(7-8-15)5-6-13(10)14/h3-4,12H,5-9,15H2,1-2H3. The number of benzene rings is 1. The van der Waals surface area contributed by atoms with Crippen LogP contribution in [0.4, 0.5) is 0 Å². The number of aryl methyl sites for hydroxylation is 2. The molecule has 0 fully saturated rings. The van der Waals surface area contributed by atoms with Gasteiger partial charge in [-0.3, -0.25) is 0 Å². The van der Waals surface area contributed by atoms with Gasteiger partial charge in [0.25, 0.3) is 0 Å². The molecule has 82 valence electrons. The summed E-state index contributed by atoms with van der Waals surface area (Å²) in [5.74, 6) is 0.822. The van der Waals surface area contributed by atoms with Gasteiger partial charge in [0.2, 0.25) is 0 Å². The first kappa shape index (κ1) is 10.7. The molecule has 0 radical (unpaired) electrons. The molecular formula is C14H21N. The molecule has 15 heavy (non-hydrogen) atoms. The molecule has 1 nitrogen and oxygen atoms in total. The Bertz CT molecular complexity index is 355. The fourth-order valence-electron chi connectivity index (χ4n) is 2.78. The molecule has 0 bridgehead atoms. The number of fused-ring (bicyclic) bond motifs is 1. The van der Waals surface area contributed by atoms with Crippen molar-refractivity contribution in [1.29, 1.82) is 0 Å². The van der Waals surface area contributed by atoms with Crippen LogP contribution in [0.5, 0.6) is 0 Å². The van der Waals surface area contributed by atoms with Gasteiger partial charge in [-0.1, -0.05) is 12.1 Å².